The molecule has 2 N–H and O–H groups in total. The van der Waals surface area contributed by atoms with Crippen LogP contribution in [0, 0.1) is 0 Å². The van der Waals surface area contributed by atoms with Crippen molar-refractivity contribution >= 4 is 6.29 Å². The van der Waals surface area contributed by atoms with E-state index in [1.165, 1.54) is 77.0 Å². The molecule has 2 heteroatoms. The average Bonchev–Trinajstić information content (AvgIpc) is 2.43. The van der Waals surface area contributed by atoms with E-state index in [4.69, 9.17) is 5.73 Å². The van der Waals surface area contributed by atoms with Crippen LogP contribution in [0.25, 0.3) is 0 Å². The van der Waals surface area contributed by atoms with Gasteiger partial charge in [-0.3, -0.25) is 4.79 Å². The van der Waals surface area contributed by atoms with Gasteiger partial charge in [0.1, 0.15) is 0 Å². The molecule has 0 spiro atoms. The number of unbranched alkanes of at least 4 members (excludes halogenated alkanes) is 12. The first-order valence-electron chi connectivity index (χ1n) is 8.44. The summed E-state index contributed by atoms with van der Waals surface area (Å²) in [6, 6.07) is -0.354. The summed E-state index contributed by atoms with van der Waals surface area (Å²) in [6.45, 7) is 2.27. The number of nitrogens with two attached hydrogens (primary N) is 1. The van der Waals surface area contributed by atoms with E-state index in [1.807, 2.05) is 6.29 Å². The second-order valence-corrected chi connectivity index (χ2v) is 5.76. The Kier molecular flexibility index (Phi) is 15.4. The maximum Gasteiger partial charge on any atom is 0.216 e. The van der Waals surface area contributed by atoms with Gasteiger partial charge in [0.15, 0.2) is 0 Å². The summed E-state index contributed by atoms with van der Waals surface area (Å²) >= 11 is 0. The summed E-state index contributed by atoms with van der Waals surface area (Å²) in [7, 11) is 0. The fraction of sp³-hybridized carbons (Fsp3) is 0.941. The van der Waals surface area contributed by atoms with Crippen LogP contribution >= 0.6 is 0 Å². The minimum Gasteiger partial charge on any atom is -0.321 e. The van der Waals surface area contributed by atoms with Gasteiger partial charge in [-0.15, -0.1) is 0 Å². The van der Waals surface area contributed by atoms with Gasteiger partial charge in [0.05, 0.1) is 6.04 Å². The van der Waals surface area contributed by atoms with Crippen molar-refractivity contribution in [1.29, 1.82) is 0 Å². The number of carbonyl (C=O) groups excluding carboxylic acids is 1. The van der Waals surface area contributed by atoms with E-state index in [2.05, 4.69) is 6.92 Å². The molecular formula is C17H34NO. The number of rotatable bonds is 15. The molecule has 19 heavy (non-hydrogen) atoms. The van der Waals surface area contributed by atoms with Crippen molar-refractivity contribution in [3.8, 4) is 0 Å². The molecule has 0 amide bonds. The molecule has 0 bridgehead atoms. The van der Waals surface area contributed by atoms with E-state index in [0.717, 1.165) is 12.8 Å². The zero-order valence-corrected chi connectivity index (χ0v) is 13.0. The summed E-state index contributed by atoms with van der Waals surface area (Å²) in [5.41, 5.74) is 5.49. The Morgan fingerprint density at radius 2 is 1.11 bits per heavy atom. The quantitative estimate of drug-likeness (QED) is 0.429. The van der Waals surface area contributed by atoms with Gasteiger partial charge in [0.2, 0.25) is 6.29 Å². The molecule has 1 radical (unpaired) electrons. The van der Waals surface area contributed by atoms with E-state index < -0.39 is 0 Å². The van der Waals surface area contributed by atoms with Crippen molar-refractivity contribution in [2.24, 2.45) is 5.73 Å². The second-order valence-electron chi connectivity index (χ2n) is 5.76. The lowest BCUT2D eigenvalue weighted by atomic mass is 10.0. The molecular weight excluding hydrogens is 234 g/mol. The fourth-order valence-electron chi connectivity index (χ4n) is 2.44. The highest BCUT2D eigenvalue weighted by molar-refractivity contribution is 5.57. The van der Waals surface area contributed by atoms with Crippen LogP contribution in [0.1, 0.15) is 96.8 Å². The summed E-state index contributed by atoms with van der Waals surface area (Å²) in [5, 5.41) is 0. The molecule has 1 unspecified atom stereocenters. The SMILES string of the molecule is CCCCCCCCCCCCCCCC(N)[C]=O. The van der Waals surface area contributed by atoms with E-state index in [0.29, 0.717) is 0 Å². The minimum absolute atomic E-state index is 0.354. The van der Waals surface area contributed by atoms with Crippen molar-refractivity contribution in [2.45, 2.75) is 103 Å². The van der Waals surface area contributed by atoms with Crippen LogP contribution in [0.4, 0.5) is 0 Å². The molecule has 1 atom stereocenters. The van der Waals surface area contributed by atoms with Gasteiger partial charge in [-0.25, -0.2) is 0 Å². The highest BCUT2D eigenvalue weighted by Crippen LogP contribution is 2.12. The molecule has 0 aliphatic heterocycles. The Morgan fingerprint density at radius 3 is 1.47 bits per heavy atom. The van der Waals surface area contributed by atoms with Crippen LogP contribution in [-0.4, -0.2) is 12.3 Å². The highest BCUT2D eigenvalue weighted by Gasteiger charge is 2.00. The minimum atomic E-state index is -0.354. The monoisotopic (exact) mass is 268 g/mol. The number of hydrogen-bond donors (Lipinski definition) is 1. The van der Waals surface area contributed by atoms with Gasteiger partial charge in [-0.05, 0) is 6.42 Å². The molecule has 0 fully saturated rings. The maximum atomic E-state index is 10.2. The van der Waals surface area contributed by atoms with E-state index >= 15 is 0 Å². The smallest absolute Gasteiger partial charge is 0.216 e. The van der Waals surface area contributed by atoms with Crippen LogP contribution in [0.3, 0.4) is 0 Å². The Bertz CT molecular complexity index is 182. The van der Waals surface area contributed by atoms with Gasteiger partial charge < -0.3 is 5.73 Å². The zero-order chi connectivity index (χ0) is 14.2. The number of hydrogen-bond acceptors (Lipinski definition) is 2. The van der Waals surface area contributed by atoms with Crippen LogP contribution in [-0.2, 0) is 4.79 Å². The van der Waals surface area contributed by atoms with E-state index in [9.17, 15) is 4.79 Å². The van der Waals surface area contributed by atoms with Crippen LogP contribution in [0.2, 0.25) is 0 Å². The van der Waals surface area contributed by atoms with Crippen molar-refractivity contribution in [3.63, 3.8) is 0 Å². The largest absolute Gasteiger partial charge is 0.321 e. The molecule has 0 rings (SSSR count). The molecule has 0 aromatic heterocycles. The lowest BCUT2D eigenvalue weighted by Crippen LogP contribution is -2.20. The maximum absolute atomic E-state index is 10.2. The Morgan fingerprint density at radius 1 is 0.737 bits per heavy atom. The third-order valence-corrected chi connectivity index (χ3v) is 3.77. The average molecular weight is 268 g/mol. The third-order valence-electron chi connectivity index (χ3n) is 3.77. The summed E-state index contributed by atoms with van der Waals surface area (Å²) in [6.07, 6.45) is 20.2. The molecule has 0 aromatic rings. The van der Waals surface area contributed by atoms with Crippen LogP contribution in [0.15, 0.2) is 0 Å². The van der Waals surface area contributed by atoms with Gasteiger partial charge >= 0.3 is 0 Å². The fourth-order valence-corrected chi connectivity index (χ4v) is 2.44. The molecule has 2 nitrogen and oxygen atoms in total. The molecule has 0 saturated heterocycles. The third kappa shape index (κ3) is 15.6. The summed E-state index contributed by atoms with van der Waals surface area (Å²) < 4.78 is 0. The first-order chi connectivity index (χ1) is 9.31. The first-order valence-corrected chi connectivity index (χ1v) is 8.44. The van der Waals surface area contributed by atoms with Gasteiger partial charge in [-0.2, -0.15) is 0 Å². The summed E-state index contributed by atoms with van der Waals surface area (Å²) in [4.78, 5) is 10.2. The normalized spacial score (nSPS) is 12.5. The molecule has 0 heterocycles. The topological polar surface area (TPSA) is 43.1 Å². The molecule has 0 aromatic carbocycles. The predicted octanol–water partition coefficient (Wildman–Crippen LogP) is 4.90. The molecule has 0 saturated carbocycles. The van der Waals surface area contributed by atoms with E-state index in [-0.39, 0.29) is 6.04 Å². The van der Waals surface area contributed by atoms with Crippen molar-refractivity contribution < 1.29 is 4.79 Å². The van der Waals surface area contributed by atoms with Crippen molar-refractivity contribution in [2.75, 3.05) is 0 Å². The standard InChI is InChI=1S/C17H34NO/c1-2-3-4-5-6-7-8-9-10-11-12-13-14-15-17(18)16-19/h17H,2-15,18H2,1H3. The van der Waals surface area contributed by atoms with Gasteiger partial charge in [-0.1, -0.05) is 90.4 Å². The molecule has 113 valence electrons. The first kappa shape index (κ1) is 18.6. The highest BCUT2D eigenvalue weighted by atomic mass is 16.1. The van der Waals surface area contributed by atoms with Crippen LogP contribution in [0.5, 0.6) is 0 Å². The lowest BCUT2D eigenvalue weighted by molar-refractivity contribution is 0.515. The predicted molar refractivity (Wildman–Crippen MR) is 84.0 cm³/mol. The second kappa shape index (κ2) is 15.7. The molecule has 0 aliphatic carbocycles. The van der Waals surface area contributed by atoms with Gasteiger partial charge in [0.25, 0.3) is 0 Å². The zero-order valence-electron chi connectivity index (χ0n) is 13.0. The van der Waals surface area contributed by atoms with E-state index in [1.54, 1.807) is 0 Å². The van der Waals surface area contributed by atoms with Crippen LogP contribution < -0.4 is 5.73 Å². The summed E-state index contributed by atoms with van der Waals surface area (Å²) in [5.74, 6) is 0. The van der Waals surface area contributed by atoms with Crippen molar-refractivity contribution in [3.05, 3.63) is 0 Å². The van der Waals surface area contributed by atoms with Gasteiger partial charge in [0, 0.05) is 0 Å². The Balaban J connectivity index is 2.97. The lowest BCUT2D eigenvalue weighted by Gasteiger charge is -2.04. The molecule has 0 aliphatic rings. The Labute approximate surface area is 120 Å². The Hall–Kier alpha value is -0.370. The van der Waals surface area contributed by atoms with Crippen molar-refractivity contribution in [1.82, 2.24) is 0 Å².